The number of piperidine rings is 1. The molecule has 4 heterocycles. The van der Waals surface area contributed by atoms with Crippen LogP contribution < -0.4 is 10.6 Å². The quantitative estimate of drug-likeness (QED) is 0.228. The molecule has 13 nitrogen and oxygen atoms in total. The zero-order valence-corrected chi connectivity index (χ0v) is 34.3. The van der Waals surface area contributed by atoms with Gasteiger partial charge >= 0.3 is 0 Å². The summed E-state index contributed by atoms with van der Waals surface area (Å²) >= 11 is 1.57. The molecule has 5 amide bonds. The SMILES string of the molecule is Cc1ncsc1-c1ccc([C@H](C)NC(=O)[C@@H]2C[C@@H](O)CN2C(=O)[C@@H](NC(=O)CCCC(=O)N2CCC(C(=O)N3N=CCC3c3ccccc3)CC2)C(C)(C)C)cc1. The number of carbonyl (C=O) groups is 5. The third-order valence-electron chi connectivity index (χ3n) is 11.3. The van der Waals surface area contributed by atoms with Gasteiger partial charge in [-0.15, -0.1) is 11.3 Å². The third kappa shape index (κ3) is 9.96. The van der Waals surface area contributed by atoms with Crippen molar-refractivity contribution in [3.05, 3.63) is 76.9 Å². The highest BCUT2D eigenvalue weighted by Crippen LogP contribution is 2.33. The summed E-state index contributed by atoms with van der Waals surface area (Å²) in [4.78, 5) is 76.1. The summed E-state index contributed by atoms with van der Waals surface area (Å²) in [6, 6.07) is 15.5. The van der Waals surface area contributed by atoms with E-state index in [2.05, 4.69) is 20.7 Å². The molecule has 5 atom stereocenters. The van der Waals surface area contributed by atoms with Crippen LogP contribution in [0, 0.1) is 18.3 Å². The van der Waals surface area contributed by atoms with Gasteiger partial charge in [0, 0.05) is 57.5 Å². The topological polar surface area (TPSA) is 165 Å². The van der Waals surface area contributed by atoms with E-state index < -0.39 is 29.5 Å². The summed E-state index contributed by atoms with van der Waals surface area (Å²) in [5, 5.41) is 22.5. The van der Waals surface area contributed by atoms with E-state index in [1.807, 2.05) is 94.7 Å². The van der Waals surface area contributed by atoms with E-state index >= 15 is 0 Å². The fourth-order valence-electron chi connectivity index (χ4n) is 7.95. The predicted molar refractivity (Wildman–Crippen MR) is 219 cm³/mol. The molecule has 3 aliphatic heterocycles. The summed E-state index contributed by atoms with van der Waals surface area (Å²) in [5.41, 5.74) is 5.06. The molecule has 0 spiro atoms. The van der Waals surface area contributed by atoms with Crippen LogP contribution in [0.5, 0.6) is 0 Å². The van der Waals surface area contributed by atoms with Crippen LogP contribution in [-0.4, -0.2) is 98.5 Å². The number of aliphatic hydroxyl groups excluding tert-OH is 1. The Morgan fingerprint density at radius 2 is 1.67 bits per heavy atom. The molecule has 0 saturated carbocycles. The minimum Gasteiger partial charge on any atom is -0.391 e. The molecule has 14 heteroatoms. The maximum atomic E-state index is 14.1. The molecular formula is C43H55N7O6S. The van der Waals surface area contributed by atoms with Crippen molar-refractivity contribution in [2.45, 2.75) is 110 Å². The van der Waals surface area contributed by atoms with Crippen molar-refractivity contribution in [1.29, 1.82) is 0 Å². The molecule has 0 bridgehead atoms. The Hall–Kier alpha value is -4.95. The van der Waals surface area contributed by atoms with Crippen LogP contribution in [0.1, 0.15) is 102 Å². The number of hydrogen-bond donors (Lipinski definition) is 3. The Bertz CT molecular complexity index is 1940. The fourth-order valence-corrected chi connectivity index (χ4v) is 8.76. The van der Waals surface area contributed by atoms with Crippen LogP contribution in [0.15, 0.2) is 65.2 Å². The Morgan fingerprint density at radius 3 is 2.32 bits per heavy atom. The first-order valence-corrected chi connectivity index (χ1v) is 20.9. The maximum absolute atomic E-state index is 14.1. The molecule has 0 aliphatic carbocycles. The minimum atomic E-state index is -0.959. The molecule has 0 radical (unpaired) electrons. The van der Waals surface area contributed by atoms with E-state index in [4.69, 9.17) is 0 Å². The molecule has 2 fully saturated rings. The van der Waals surface area contributed by atoms with Crippen LogP contribution in [0.3, 0.4) is 0 Å². The number of aromatic nitrogens is 1. The van der Waals surface area contributed by atoms with Gasteiger partial charge in [0.05, 0.1) is 34.3 Å². The molecule has 2 aromatic carbocycles. The summed E-state index contributed by atoms with van der Waals surface area (Å²) in [5.74, 6) is -1.48. The number of benzene rings is 2. The molecule has 304 valence electrons. The normalized spacial score (nSPS) is 21.0. The van der Waals surface area contributed by atoms with Gasteiger partial charge in [-0.05, 0) is 55.2 Å². The van der Waals surface area contributed by atoms with Gasteiger partial charge in [-0.3, -0.25) is 24.0 Å². The Balaban J connectivity index is 0.971. The van der Waals surface area contributed by atoms with E-state index in [0.717, 1.165) is 27.3 Å². The Kier molecular flexibility index (Phi) is 13.2. The highest BCUT2D eigenvalue weighted by atomic mass is 32.1. The van der Waals surface area contributed by atoms with Crippen molar-refractivity contribution in [3.8, 4) is 10.4 Å². The number of nitrogens with one attached hydrogen (secondary N) is 2. The first-order chi connectivity index (χ1) is 27.2. The monoisotopic (exact) mass is 797 g/mol. The van der Waals surface area contributed by atoms with Crippen molar-refractivity contribution >= 4 is 47.1 Å². The van der Waals surface area contributed by atoms with Crippen LogP contribution in [-0.2, 0) is 24.0 Å². The first-order valence-electron chi connectivity index (χ1n) is 20.0. The van der Waals surface area contributed by atoms with Crippen LogP contribution in [0.25, 0.3) is 10.4 Å². The van der Waals surface area contributed by atoms with Crippen LogP contribution >= 0.6 is 11.3 Å². The van der Waals surface area contributed by atoms with Gasteiger partial charge in [-0.1, -0.05) is 75.4 Å². The van der Waals surface area contributed by atoms with E-state index in [0.29, 0.717) is 38.8 Å². The smallest absolute Gasteiger partial charge is 0.246 e. The average molecular weight is 798 g/mol. The highest BCUT2D eigenvalue weighted by molar-refractivity contribution is 7.13. The highest BCUT2D eigenvalue weighted by Gasteiger charge is 2.45. The van der Waals surface area contributed by atoms with Gasteiger partial charge < -0.3 is 25.5 Å². The molecule has 1 unspecified atom stereocenters. The first kappa shape index (κ1) is 41.7. The number of likely N-dealkylation sites (tertiary alicyclic amines) is 2. The lowest BCUT2D eigenvalue weighted by atomic mass is 9.85. The zero-order chi connectivity index (χ0) is 40.9. The molecule has 3 aromatic rings. The number of hydrogen-bond acceptors (Lipinski definition) is 9. The van der Waals surface area contributed by atoms with Gasteiger partial charge in [0.2, 0.25) is 29.5 Å². The number of rotatable bonds is 12. The zero-order valence-electron chi connectivity index (χ0n) is 33.5. The molecule has 57 heavy (non-hydrogen) atoms. The predicted octanol–water partition coefficient (Wildman–Crippen LogP) is 5.16. The number of carbonyl (C=O) groups excluding carboxylic acids is 5. The van der Waals surface area contributed by atoms with Gasteiger partial charge in [0.25, 0.3) is 0 Å². The molecule has 3 N–H and O–H groups in total. The van der Waals surface area contributed by atoms with Crippen molar-refractivity contribution < 1.29 is 29.1 Å². The second kappa shape index (κ2) is 18.1. The number of nitrogens with zero attached hydrogens (tertiary/aromatic N) is 5. The number of aliphatic hydroxyl groups is 1. The number of thiazole rings is 1. The molecule has 2 saturated heterocycles. The van der Waals surface area contributed by atoms with Crippen molar-refractivity contribution in [2.75, 3.05) is 19.6 Å². The Morgan fingerprint density at radius 1 is 0.965 bits per heavy atom. The summed E-state index contributed by atoms with van der Waals surface area (Å²) in [7, 11) is 0. The summed E-state index contributed by atoms with van der Waals surface area (Å²) in [6.45, 7) is 10.3. The molecule has 1 aromatic heterocycles. The van der Waals surface area contributed by atoms with Gasteiger partial charge in [0.1, 0.15) is 12.1 Å². The molecule has 6 rings (SSSR count). The standard InChI is InChI=1S/C43H55N7O6S/c1-27(29-14-16-31(17-15-29)38-28(2)44-26-57-38)46-40(54)35-24-33(51)25-49(35)42(56)39(43(3,4)5)47-36(52)12-9-13-37(53)48-22-19-32(20-23-48)41(55)50-34(18-21-45-50)30-10-7-6-8-11-30/h6-8,10-11,14-17,21,26-27,32-35,39,51H,9,12-13,18-20,22-25H2,1-5H3,(H,46,54)(H,47,52)/t27-,33+,34?,35-,39+/m0/s1. The van der Waals surface area contributed by atoms with Crippen molar-refractivity contribution in [2.24, 2.45) is 16.4 Å². The second-order valence-corrected chi connectivity index (χ2v) is 17.4. The molecule has 3 aliphatic rings. The average Bonchev–Trinajstić information content (AvgIpc) is 3.96. The number of aryl methyl sites for hydroxylation is 1. The Labute approximate surface area is 338 Å². The van der Waals surface area contributed by atoms with Crippen molar-refractivity contribution in [1.82, 2.24) is 30.4 Å². The van der Waals surface area contributed by atoms with E-state index in [1.165, 1.54) is 4.90 Å². The van der Waals surface area contributed by atoms with E-state index in [-0.39, 0.29) is 67.4 Å². The van der Waals surface area contributed by atoms with Crippen molar-refractivity contribution in [3.63, 3.8) is 0 Å². The fraction of sp³-hybridized carbons (Fsp3) is 0.512. The number of β-amino-alcohol motifs (C(OH)–C–C–N with tert-alkyl or cyclic N) is 1. The van der Waals surface area contributed by atoms with E-state index in [9.17, 15) is 29.1 Å². The lowest BCUT2D eigenvalue weighted by molar-refractivity contribution is -0.144. The van der Waals surface area contributed by atoms with Gasteiger partial charge in [-0.25, -0.2) is 9.99 Å². The van der Waals surface area contributed by atoms with E-state index in [1.54, 1.807) is 27.5 Å². The number of hydrazone groups is 1. The third-order valence-corrected chi connectivity index (χ3v) is 12.3. The summed E-state index contributed by atoms with van der Waals surface area (Å²) < 4.78 is 0. The van der Waals surface area contributed by atoms with Crippen LogP contribution in [0.4, 0.5) is 0 Å². The summed E-state index contributed by atoms with van der Waals surface area (Å²) in [6.07, 6.45) is 3.28. The lowest BCUT2D eigenvalue weighted by Crippen LogP contribution is -2.57. The largest absolute Gasteiger partial charge is 0.391 e. The van der Waals surface area contributed by atoms with Gasteiger partial charge in [-0.2, -0.15) is 5.10 Å². The maximum Gasteiger partial charge on any atom is 0.246 e. The number of amides is 5. The second-order valence-electron chi connectivity index (χ2n) is 16.5. The van der Waals surface area contributed by atoms with Crippen LogP contribution in [0.2, 0.25) is 0 Å². The lowest BCUT2D eigenvalue weighted by Gasteiger charge is -2.35. The van der Waals surface area contributed by atoms with Gasteiger partial charge in [0.15, 0.2) is 0 Å². The molecular weight excluding hydrogens is 743 g/mol. The minimum absolute atomic E-state index is 0.0153.